The van der Waals surface area contributed by atoms with Crippen molar-refractivity contribution in [3.8, 4) is 11.5 Å². The molecule has 43 heavy (non-hydrogen) atoms. The number of fused-ring (bicyclic) bond motifs is 1. The number of hydrogen-bond donors (Lipinski definition) is 4. The minimum absolute atomic E-state index is 0.00732. The van der Waals surface area contributed by atoms with Crippen molar-refractivity contribution < 1.29 is 27.9 Å². The Kier molecular flexibility index (Phi) is 8.59. The zero-order valence-electron chi connectivity index (χ0n) is 23.6. The number of carbonyl (C=O) groups is 2. The minimum atomic E-state index is -4.18. The molecule has 14 heteroatoms. The lowest BCUT2D eigenvalue weighted by Gasteiger charge is -2.33. The molecular weight excluding hydrogens is 574 g/mol. The van der Waals surface area contributed by atoms with E-state index in [-0.39, 0.29) is 40.6 Å². The van der Waals surface area contributed by atoms with Crippen LogP contribution in [0.2, 0.25) is 0 Å². The van der Waals surface area contributed by atoms with Crippen LogP contribution in [0.5, 0.6) is 11.5 Å². The number of phenolic OH excluding ortho intramolecular Hbond substituents is 1. The van der Waals surface area contributed by atoms with E-state index in [4.69, 9.17) is 4.74 Å². The molecule has 1 saturated heterocycles. The van der Waals surface area contributed by atoms with E-state index in [1.807, 2.05) is 4.90 Å². The van der Waals surface area contributed by atoms with Crippen LogP contribution in [0.3, 0.4) is 0 Å². The van der Waals surface area contributed by atoms with E-state index in [0.717, 1.165) is 0 Å². The fourth-order valence-electron chi connectivity index (χ4n) is 4.62. The Morgan fingerprint density at radius 2 is 1.60 bits per heavy atom. The number of phenols is 1. The van der Waals surface area contributed by atoms with Gasteiger partial charge in [-0.1, -0.05) is 18.2 Å². The van der Waals surface area contributed by atoms with Gasteiger partial charge in [-0.15, -0.1) is 0 Å². The van der Waals surface area contributed by atoms with Crippen molar-refractivity contribution in [2.75, 3.05) is 55.2 Å². The van der Waals surface area contributed by atoms with E-state index >= 15 is 0 Å². The Labute approximate surface area is 248 Å². The smallest absolute Gasteiger partial charge is 0.263 e. The first kappa shape index (κ1) is 29.5. The van der Waals surface area contributed by atoms with Crippen molar-refractivity contribution in [2.45, 2.75) is 11.8 Å². The summed E-state index contributed by atoms with van der Waals surface area (Å²) >= 11 is 0. The second-order valence-corrected chi connectivity index (χ2v) is 11.6. The van der Waals surface area contributed by atoms with E-state index in [1.54, 1.807) is 41.3 Å². The quantitative estimate of drug-likeness (QED) is 0.223. The van der Waals surface area contributed by atoms with Gasteiger partial charge in [-0.05, 0) is 30.3 Å². The predicted molar refractivity (Wildman–Crippen MR) is 162 cm³/mol. The zero-order chi connectivity index (χ0) is 30.6. The number of aromatic hydroxyl groups is 1. The van der Waals surface area contributed by atoms with Crippen LogP contribution in [0, 0.1) is 0 Å². The van der Waals surface area contributed by atoms with Crippen LogP contribution in [-0.2, 0) is 19.6 Å². The highest BCUT2D eigenvalue weighted by molar-refractivity contribution is 7.92. The average molecular weight is 606 g/mol. The molecule has 13 nitrogen and oxygen atoms in total. The molecule has 4 N–H and O–H groups in total. The molecule has 0 saturated carbocycles. The van der Waals surface area contributed by atoms with Crippen LogP contribution in [0.4, 0.5) is 23.0 Å². The molecule has 2 amide bonds. The topological polar surface area (TPSA) is 166 Å². The number of sulfonamides is 1. The number of anilines is 4. The van der Waals surface area contributed by atoms with E-state index in [0.29, 0.717) is 54.3 Å². The molecule has 224 valence electrons. The molecule has 0 spiro atoms. The molecule has 0 radical (unpaired) electrons. The third-order valence-corrected chi connectivity index (χ3v) is 8.14. The second kappa shape index (κ2) is 12.5. The SMILES string of the molecule is COc1cc(O)cc(Nc2nc3ccccc3nc2NS(=O)(=O)c2cccc(NC(=O)CN3CCN(C(C)=O)CC3)c2)c1. The third-order valence-electron chi connectivity index (χ3n) is 6.80. The maximum Gasteiger partial charge on any atom is 0.263 e. The van der Waals surface area contributed by atoms with Gasteiger partial charge in [0.15, 0.2) is 11.6 Å². The van der Waals surface area contributed by atoms with Crippen molar-refractivity contribution in [2.24, 2.45) is 0 Å². The van der Waals surface area contributed by atoms with E-state index in [9.17, 15) is 23.1 Å². The van der Waals surface area contributed by atoms with Crippen LogP contribution in [-0.4, -0.2) is 84.9 Å². The van der Waals surface area contributed by atoms with Gasteiger partial charge in [0.05, 0.1) is 29.6 Å². The summed E-state index contributed by atoms with van der Waals surface area (Å²) in [5.74, 6) is 0.0648. The maximum absolute atomic E-state index is 13.5. The molecule has 0 atom stereocenters. The predicted octanol–water partition coefficient (Wildman–Crippen LogP) is 2.99. The molecule has 0 aliphatic carbocycles. The van der Waals surface area contributed by atoms with Crippen molar-refractivity contribution in [3.63, 3.8) is 0 Å². The van der Waals surface area contributed by atoms with E-state index in [1.165, 1.54) is 44.4 Å². The zero-order valence-corrected chi connectivity index (χ0v) is 24.4. The molecule has 4 aromatic rings. The molecular formula is C29H31N7O6S. The summed E-state index contributed by atoms with van der Waals surface area (Å²) in [5, 5.41) is 15.8. The van der Waals surface area contributed by atoms with Gasteiger partial charge in [-0.2, -0.15) is 0 Å². The molecule has 3 aromatic carbocycles. The number of rotatable bonds is 9. The highest BCUT2D eigenvalue weighted by Crippen LogP contribution is 2.31. The van der Waals surface area contributed by atoms with Gasteiger partial charge < -0.3 is 25.4 Å². The van der Waals surface area contributed by atoms with Gasteiger partial charge in [0.2, 0.25) is 11.8 Å². The number of benzene rings is 3. The second-order valence-electron chi connectivity index (χ2n) is 9.92. The molecule has 1 aromatic heterocycles. The molecule has 0 bridgehead atoms. The first-order chi connectivity index (χ1) is 20.6. The highest BCUT2D eigenvalue weighted by Gasteiger charge is 2.22. The van der Waals surface area contributed by atoms with Crippen LogP contribution in [0.1, 0.15) is 6.92 Å². The van der Waals surface area contributed by atoms with Gasteiger partial charge in [0, 0.05) is 62.7 Å². The van der Waals surface area contributed by atoms with Gasteiger partial charge in [-0.3, -0.25) is 19.2 Å². The Bertz CT molecular complexity index is 1770. The summed E-state index contributed by atoms with van der Waals surface area (Å²) in [7, 11) is -2.72. The number of nitrogens with one attached hydrogen (secondary N) is 3. The first-order valence-electron chi connectivity index (χ1n) is 13.4. The van der Waals surface area contributed by atoms with E-state index in [2.05, 4.69) is 25.3 Å². The van der Waals surface area contributed by atoms with E-state index < -0.39 is 10.0 Å². The number of ether oxygens (including phenoxy) is 1. The number of amides is 2. The summed E-state index contributed by atoms with van der Waals surface area (Å²) in [6.07, 6.45) is 0. The molecule has 0 unspecified atom stereocenters. The average Bonchev–Trinajstić information content (AvgIpc) is 2.97. The van der Waals surface area contributed by atoms with Crippen LogP contribution in [0.25, 0.3) is 11.0 Å². The van der Waals surface area contributed by atoms with Crippen LogP contribution < -0.4 is 20.1 Å². The number of hydrogen-bond acceptors (Lipinski definition) is 10. The van der Waals surface area contributed by atoms with Crippen LogP contribution in [0.15, 0.2) is 71.6 Å². The monoisotopic (exact) mass is 605 g/mol. The lowest BCUT2D eigenvalue weighted by molar-refractivity contribution is -0.130. The first-order valence-corrected chi connectivity index (χ1v) is 14.9. The summed E-state index contributed by atoms with van der Waals surface area (Å²) in [5.41, 5.74) is 1.69. The summed E-state index contributed by atoms with van der Waals surface area (Å²) < 4.78 is 34.8. The maximum atomic E-state index is 13.5. The third kappa shape index (κ3) is 7.28. The number of aromatic nitrogens is 2. The minimum Gasteiger partial charge on any atom is -0.508 e. The lowest BCUT2D eigenvalue weighted by atomic mass is 10.2. The molecule has 1 aliphatic heterocycles. The van der Waals surface area contributed by atoms with Crippen LogP contribution >= 0.6 is 0 Å². The van der Waals surface area contributed by atoms with Gasteiger partial charge >= 0.3 is 0 Å². The number of methoxy groups -OCH3 is 1. The van der Waals surface area contributed by atoms with Crippen molar-refractivity contribution >= 4 is 55.9 Å². The molecule has 1 aliphatic rings. The summed E-state index contributed by atoms with van der Waals surface area (Å²) in [6, 6.07) is 17.4. The van der Waals surface area contributed by atoms with Gasteiger partial charge in [-0.25, -0.2) is 18.4 Å². The number of para-hydroxylation sites is 2. The van der Waals surface area contributed by atoms with Crippen molar-refractivity contribution in [1.82, 2.24) is 19.8 Å². The molecule has 2 heterocycles. The standard InChI is InChI=1S/C29H31N7O6S/c1-19(37)36-12-10-35(11-13-36)18-27(39)30-20-6-5-7-24(16-20)43(40,41)34-29-28(32-25-8-3-4-9-26(25)33-29)31-21-14-22(38)17-23(15-21)42-2/h3-9,14-17,38H,10-13,18H2,1-2H3,(H,30,39)(H,31,32)(H,33,34). The van der Waals surface area contributed by atoms with Gasteiger partial charge in [0.1, 0.15) is 11.5 Å². The Morgan fingerprint density at radius 1 is 0.907 bits per heavy atom. The molecule has 5 rings (SSSR count). The number of nitrogens with zero attached hydrogens (tertiary/aromatic N) is 4. The largest absolute Gasteiger partial charge is 0.508 e. The molecule has 1 fully saturated rings. The lowest BCUT2D eigenvalue weighted by Crippen LogP contribution is -2.49. The Balaban J connectivity index is 1.35. The number of carbonyl (C=O) groups excluding carboxylic acids is 2. The normalized spacial score (nSPS) is 13.9. The summed E-state index contributed by atoms with van der Waals surface area (Å²) in [6.45, 7) is 3.88. The fourth-order valence-corrected chi connectivity index (χ4v) is 5.67. The Hall–Kier alpha value is -4.95. The van der Waals surface area contributed by atoms with Crippen molar-refractivity contribution in [1.29, 1.82) is 0 Å². The van der Waals surface area contributed by atoms with Crippen molar-refractivity contribution in [3.05, 3.63) is 66.7 Å². The Morgan fingerprint density at radius 3 is 2.28 bits per heavy atom. The van der Waals surface area contributed by atoms with Gasteiger partial charge in [0.25, 0.3) is 10.0 Å². The summed E-state index contributed by atoms with van der Waals surface area (Å²) in [4.78, 5) is 36.9. The fraction of sp³-hybridized carbons (Fsp3) is 0.241. The highest BCUT2D eigenvalue weighted by atomic mass is 32.2. The number of piperazine rings is 1.